The van der Waals surface area contributed by atoms with Gasteiger partial charge in [0.25, 0.3) is 0 Å². The van der Waals surface area contributed by atoms with Gasteiger partial charge in [-0.25, -0.2) is 19.9 Å². The van der Waals surface area contributed by atoms with Crippen molar-refractivity contribution in [2.24, 2.45) is 0 Å². The molecule has 7 nitrogen and oxygen atoms in total. The van der Waals surface area contributed by atoms with Crippen LogP contribution in [0.5, 0.6) is 0 Å². The molecular weight excluding hydrogens is 274 g/mol. The molecule has 0 unspecified atom stereocenters. The Bertz CT molecular complexity index is 582. The minimum Gasteiger partial charge on any atom is -0.383 e. The Morgan fingerprint density at radius 2 is 1.80 bits per heavy atom. The van der Waals surface area contributed by atoms with E-state index < -0.39 is 0 Å². The summed E-state index contributed by atoms with van der Waals surface area (Å²) in [5.74, 6) is 2.82. The number of hydrogen-bond donors (Lipinski definition) is 3. The molecule has 0 aliphatic heterocycles. The number of aryl methyl sites for hydroxylation is 1. The van der Waals surface area contributed by atoms with Gasteiger partial charge in [0.15, 0.2) is 5.16 Å². The normalized spacial score (nSPS) is 10.5. The topological polar surface area (TPSA) is 116 Å². The molecule has 0 saturated heterocycles. The van der Waals surface area contributed by atoms with Gasteiger partial charge in [0.1, 0.15) is 23.3 Å². The van der Waals surface area contributed by atoms with Gasteiger partial charge in [-0.3, -0.25) is 0 Å². The van der Waals surface area contributed by atoms with E-state index in [0.717, 1.165) is 23.9 Å². The monoisotopic (exact) mass is 291 g/mol. The zero-order chi connectivity index (χ0) is 14.5. The summed E-state index contributed by atoms with van der Waals surface area (Å²) in [5, 5.41) is 3.70. The molecule has 0 radical (unpaired) electrons. The van der Waals surface area contributed by atoms with Crippen LogP contribution in [-0.2, 0) is 5.75 Å². The maximum atomic E-state index is 5.63. The summed E-state index contributed by atoms with van der Waals surface area (Å²) in [6, 6.07) is 3.43. The van der Waals surface area contributed by atoms with Crippen molar-refractivity contribution >= 4 is 29.2 Å². The number of hydrogen-bond acceptors (Lipinski definition) is 8. The molecule has 0 fully saturated rings. The van der Waals surface area contributed by atoms with Crippen LogP contribution in [0.4, 0.5) is 17.5 Å². The summed E-state index contributed by atoms with van der Waals surface area (Å²) in [7, 11) is 0. The molecule has 2 aromatic rings. The molecule has 0 aliphatic rings. The Hall–Kier alpha value is -2.09. The van der Waals surface area contributed by atoms with Gasteiger partial charge in [-0.2, -0.15) is 0 Å². The molecule has 106 valence electrons. The first-order valence-corrected chi connectivity index (χ1v) is 7.16. The molecule has 0 aromatic carbocycles. The molecule has 0 atom stereocenters. The zero-order valence-electron chi connectivity index (χ0n) is 11.4. The fourth-order valence-electron chi connectivity index (χ4n) is 1.62. The molecular formula is C12H17N7S. The number of nitrogen functional groups attached to an aromatic ring is 2. The van der Waals surface area contributed by atoms with E-state index in [2.05, 4.69) is 25.3 Å². The number of nitrogens with two attached hydrogens (primary N) is 2. The molecule has 0 aliphatic carbocycles. The number of anilines is 3. The van der Waals surface area contributed by atoms with Crippen LogP contribution in [0.15, 0.2) is 17.3 Å². The number of aromatic nitrogens is 4. The van der Waals surface area contributed by atoms with Crippen LogP contribution in [0.25, 0.3) is 0 Å². The molecule has 0 bridgehead atoms. The Labute approximate surface area is 121 Å². The first-order valence-electron chi connectivity index (χ1n) is 6.18. The highest BCUT2D eigenvalue weighted by Crippen LogP contribution is 2.20. The van der Waals surface area contributed by atoms with Gasteiger partial charge in [0, 0.05) is 24.4 Å². The quantitative estimate of drug-likeness (QED) is 0.560. The van der Waals surface area contributed by atoms with Crippen LogP contribution in [0.1, 0.15) is 18.4 Å². The summed E-state index contributed by atoms with van der Waals surface area (Å²) < 4.78 is 0. The average Bonchev–Trinajstić information content (AvgIpc) is 2.35. The second-order valence-electron chi connectivity index (χ2n) is 4.13. The van der Waals surface area contributed by atoms with Crippen LogP contribution in [-0.4, -0.2) is 26.5 Å². The Morgan fingerprint density at radius 3 is 2.45 bits per heavy atom. The number of thioether (sulfide) groups is 1. The summed E-state index contributed by atoms with van der Waals surface area (Å²) in [5.41, 5.74) is 12.2. The van der Waals surface area contributed by atoms with Crippen LogP contribution in [0.2, 0.25) is 0 Å². The van der Waals surface area contributed by atoms with Gasteiger partial charge >= 0.3 is 0 Å². The predicted octanol–water partition coefficient (Wildman–Crippen LogP) is 1.46. The molecule has 2 aromatic heterocycles. The highest BCUT2D eigenvalue weighted by atomic mass is 32.2. The lowest BCUT2D eigenvalue weighted by atomic mass is 10.4. The summed E-state index contributed by atoms with van der Waals surface area (Å²) >= 11 is 1.40. The fraction of sp³-hybridized carbons (Fsp3) is 0.333. The van der Waals surface area contributed by atoms with Gasteiger partial charge in [0.05, 0.1) is 5.75 Å². The van der Waals surface area contributed by atoms with Crippen molar-refractivity contribution in [1.29, 1.82) is 0 Å². The van der Waals surface area contributed by atoms with Crippen LogP contribution in [0.3, 0.4) is 0 Å². The van der Waals surface area contributed by atoms with Crippen molar-refractivity contribution < 1.29 is 0 Å². The third kappa shape index (κ3) is 3.95. The van der Waals surface area contributed by atoms with E-state index in [1.165, 1.54) is 17.8 Å². The smallest absolute Gasteiger partial charge is 0.191 e. The predicted molar refractivity (Wildman–Crippen MR) is 81.4 cm³/mol. The number of nitrogens with one attached hydrogen (secondary N) is 1. The van der Waals surface area contributed by atoms with Crippen molar-refractivity contribution in [2.75, 3.05) is 23.3 Å². The largest absolute Gasteiger partial charge is 0.383 e. The van der Waals surface area contributed by atoms with Crippen LogP contribution < -0.4 is 16.8 Å². The van der Waals surface area contributed by atoms with E-state index in [4.69, 9.17) is 11.5 Å². The van der Waals surface area contributed by atoms with E-state index in [0.29, 0.717) is 22.5 Å². The van der Waals surface area contributed by atoms with Gasteiger partial charge in [-0.1, -0.05) is 11.8 Å². The number of nitrogens with zero attached hydrogens (tertiary/aromatic N) is 4. The summed E-state index contributed by atoms with van der Waals surface area (Å²) in [4.78, 5) is 17.0. The van der Waals surface area contributed by atoms with Gasteiger partial charge in [-0.05, 0) is 13.8 Å². The third-order valence-electron chi connectivity index (χ3n) is 2.33. The molecule has 8 heteroatoms. The minimum atomic E-state index is 0.360. The lowest BCUT2D eigenvalue weighted by molar-refractivity contribution is 0.961. The lowest BCUT2D eigenvalue weighted by Crippen LogP contribution is -2.04. The van der Waals surface area contributed by atoms with Gasteiger partial charge < -0.3 is 16.8 Å². The van der Waals surface area contributed by atoms with Crippen molar-refractivity contribution in [3.8, 4) is 0 Å². The SMILES string of the molecule is CCNc1cc(C)nc(CSc2nc(N)cc(N)n2)n1. The van der Waals surface area contributed by atoms with Crippen molar-refractivity contribution in [2.45, 2.75) is 24.8 Å². The standard InChI is InChI=1S/C12H17N7S/c1-3-15-10-4-7(2)16-11(19-10)6-20-12-17-8(13)5-9(14)18-12/h4-5H,3,6H2,1-2H3,(H,15,16,19)(H4,13,14,17,18). The second kappa shape index (κ2) is 6.38. The number of rotatable bonds is 5. The molecule has 2 rings (SSSR count). The Balaban J connectivity index is 2.10. The Morgan fingerprint density at radius 1 is 1.10 bits per heavy atom. The molecule has 5 N–H and O–H groups in total. The maximum Gasteiger partial charge on any atom is 0.191 e. The maximum absolute atomic E-state index is 5.63. The fourth-order valence-corrected chi connectivity index (χ4v) is 2.35. The highest BCUT2D eigenvalue weighted by molar-refractivity contribution is 7.98. The minimum absolute atomic E-state index is 0.360. The third-order valence-corrected chi connectivity index (χ3v) is 3.18. The van der Waals surface area contributed by atoms with Crippen molar-refractivity contribution in [3.05, 3.63) is 23.7 Å². The van der Waals surface area contributed by atoms with E-state index in [9.17, 15) is 0 Å². The molecule has 0 amide bonds. The average molecular weight is 291 g/mol. The molecule has 2 heterocycles. The van der Waals surface area contributed by atoms with Crippen molar-refractivity contribution in [1.82, 2.24) is 19.9 Å². The van der Waals surface area contributed by atoms with Crippen LogP contribution in [0, 0.1) is 6.92 Å². The van der Waals surface area contributed by atoms with E-state index in [1.54, 1.807) is 0 Å². The summed E-state index contributed by atoms with van der Waals surface area (Å²) in [6.45, 7) is 4.78. The van der Waals surface area contributed by atoms with Gasteiger partial charge in [0.2, 0.25) is 0 Å². The van der Waals surface area contributed by atoms with Gasteiger partial charge in [-0.15, -0.1) is 0 Å². The zero-order valence-corrected chi connectivity index (χ0v) is 12.2. The first-order chi connectivity index (χ1) is 9.56. The summed E-state index contributed by atoms with van der Waals surface area (Å²) in [6.07, 6.45) is 0. The highest BCUT2D eigenvalue weighted by Gasteiger charge is 2.06. The lowest BCUT2D eigenvalue weighted by Gasteiger charge is -2.06. The Kier molecular flexibility index (Phi) is 4.57. The van der Waals surface area contributed by atoms with Crippen LogP contribution >= 0.6 is 11.8 Å². The van der Waals surface area contributed by atoms with E-state index in [1.807, 2.05) is 19.9 Å². The van der Waals surface area contributed by atoms with E-state index >= 15 is 0 Å². The second-order valence-corrected chi connectivity index (χ2v) is 5.07. The van der Waals surface area contributed by atoms with E-state index in [-0.39, 0.29) is 0 Å². The first kappa shape index (κ1) is 14.3. The van der Waals surface area contributed by atoms with Crippen molar-refractivity contribution in [3.63, 3.8) is 0 Å². The molecule has 0 saturated carbocycles. The molecule has 0 spiro atoms. The molecule has 20 heavy (non-hydrogen) atoms.